The van der Waals surface area contributed by atoms with Gasteiger partial charge in [0.1, 0.15) is 5.58 Å². The number of methoxy groups -OCH3 is 1. The standard InChI is InChI=1S/C23H24N2O5/c1-28-15-19-18-9-5-6-10-20(18)30-22(19)23(27)29-16-21(26)25-13-11-24(12-14-25)17-7-3-2-4-8-17/h2-10H,11-16H2,1H3. The maximum atomic E-state index is 12.6. The second-order valence-corrected chi connectivity index (χ2v) is 7.12. The Morgan fingerprint density at radius 3 is 2.40 bits per heavy atom. The molecule has 7 heteroatoms. The summed E-state index contributed by atoms with van der Waals surface area (Å²) in [6.45, 7) is 2.57. The van der Waals surface area contributed by atoms with Crippen molar-refractivity contribution in [2.24, 2.45) is 0 Å². The van der Waals surface area contributed by atoms with E-state index in [2.05, 4.69) is 17.0 Å². The molecule has 0 bridgehead atoms. The van der Waals surface area contributed by atoms with Crippen LogP contribution in [0.15, 0.2) is 59.0 Å². The largest absolute Gasteiger partial charge is 0.450 e. The first-order valence-electron chi connectivity index (χ1n) is 9.91. The van der Waals surface area contributed by atoms with E-state index in [0.29, 0.717) is 24.2 Å². The highest BCUT2D eigenvalue weighted by molar-refractivity contribution is 5.96. The lowest BCUT2D eigenvalue weighted by Crippen LogP contribution is -2.49. The molecular weight excluding hydrogens is 384 g/mol. The van der Waals surface area contributed by atoms with E-state index in [1.165, 1.54) is 0 Å². The first kappa shape index (κ1) is 20.0. The second kappa shape index (κ2) is 9.00. The van der Waals surface area contributed by atoms with Gasteiger partial charge in [-0.3, -0.25) is 4.79 Å². The molecule has 2 heterocycles. The van der Waals surface area contributed by atoms with E-state index >= 15 is 0 Å². The number of carbonyl (C=O) groups excluding carboxylic acids is 2. The van der Waals surface area contributed by atoms with Gasteiger partial charge >= 0.3 is 5.97 Å². The number of rotatable bonds is 6. The summed E-state index contributed by atoms with van der Waals surface area (Å²) >= 11 is 0. The minimum absolute atomic E-state index is 0.0831. The average molecular weight is 408 g/mol. The second-order valence-electron chi connectivity index (χ2n) is 7.12. The Balaban J connectivity index is 1.35. The van der Waals surface area contributed by atoms with Crippen LogP contribution in [-0.2, 0) is 20.9 Å². The Bertz CT molecular complexity index is 1020. The van der Waals surface area contributed by atoms with Crippen molar-refractivity contribution in [3.63, 3.8) is 0 Å². The number of fused-ring (bicyclic) bond motifs is 1. The molecule has 3 aromatic rings. The van der Waals surface area contributed by atoms with Gasteiger partial charge in [0, 0.05) is 49.9 Å². The highest BCUT2D eigenvalue weighted by Gasteiger charge is 2.25. The van der Waals surface area contributed by atoms with Gasteiger partial charge in [-0.2, -0.15) is 0 Å². The maximum absolute atomic E-state index is 12.6. The van der Waals surface area contributed by atoms with Crippen LogP contribution in [0.4, 0.5) is 5.69 Å². The summed E-state index contributed by atoms with van der Waals surface area (Å²) in [7, 11) is 1.55. The maximum Gasteiger partial charge on any atom is 0.375 e. The smallest absolute Gasteiger partial charge is 0.375 e. The number of piperazine rings is 1. The van der Waals surface area contributed by atoms with Gasteiger partial charge < -0.3 is 23.7 Å². The minimum atomic E-state index is -0.658. The van der Waals surface area contributed by atoms with Gasteiger partial charge in [-0.05, 0) is 18.2 Å². The average Bonchev–Trinajstić information content (AvgIpc) is 3.17. The Morgan fingerprint density at radius 1 is 0.967 bits per heavy atom. The van der Waals surface area contributed by atoms with E-state index in [-0.39, 0.29) is 24.9 Å². The van der Waals surface area contributed by atoms with Gasteiger partial charge in [-0.15, -0.1) is 0 Å². The molecule has 1 amide bonds. The monoisotopic (exact) mass is 408 g/mol. The van der Waals surface area contributed by atoms with Crippen molar-refractivity contribution in [3.05, 3.63) is 65.9 Å². The molecule has 1 aliphatic heterocycles. The van der Waals surface area contributed by atoms with Crippen LogP contribution in [0.25, 0.3) is 11.0 Å². The van der Waals surface area contributed by atoms with Crippen LogP contribution in [0.3, 0.4) is 0 Å². The number of esters is 1. The van der Waals surface area contributed by atoms with Gasteiger partial charge in [-0.25, -0.2) is 4.79 Å². The third-order valence-corrected chi connectivity index (χ3v) is 5.25. The van der Waals surface area contributed by atoms with Crippen LogP contribution >= 0.6 is 0 Å². The van der Waals surface area contributed by atoms with Gasteiger partial charge in [0.15, 0.2) is 6.61 Å². The fourth-order valence-electron chi connectivity index (χ4n) is 3.69. The number of hydrogen-bond acceptors (Lipinski definition) is 6. The molecule has 0 radical (unpaired) electrons. The van der Waals surface area contributed by atoms with Crippen molar-refractivity contribution in [2.45, 2.75) is 6.61 Å². The molecule has 0 atom stereocenters. The van der Waals surface area contributed by atoms with Crippen LogP contribution in [-0.4, -0.2) is 56.7 Å². The molecule has 30 heavy (non-hydrogen) atoms. The third kappa shape index (κ3) is 4.16. The normalized spacial score (nSPS) is 14.2. The van der Waals surface area contributed by atoms with Gasteiger partial charge in [-0.1, -0.05) is 36.4 Å². The van der Waals surface area contributed by atoms with E-state index < -0.39 is 5.97 Å². The lowest BCUT2D eigenvalue weighted by atomic mass is 10.1. The quantitative estimate of drug-likeness (QED) is 0.584. The predicted molar refractivity (Wildman–Crippen MR) is 112 cm³/mol. The van der Waals surface area contributed by atoms with E-state index in [9.17, 15) is 9.59 Å². The van der Waals surface area contributed by atoms with E-state index in [4.69, 9.17) is 13.9 Å². The van der Waals surface area contributed by atoms with Crippen LogP contribution in [0.1, 0.15) is 16.1 Å². The van der Waals surface area contributed by atoms with E-state index in [0.717, 1.165) is 24.2 Å². The lowest BCUT2D eigenvalue weighted by Gasteiger charge is -2.36. The Hall–Kier alpha value is -3.32. The zero-order valence-electron chi connectivity index (χ0n) is 16.9. The molecule has 2 aromatic carbocycles. The Labute approximate surface area is 174 Å². The van der Waals surface area contributed by atoms with Crippen LogP contribution in [0.5, 0.6) is 0 Å². The number of anilines is 1. The molecule has 1 aromatic heterocycles. The Morgan fingerprint density at radius 2 is 1.67 bits per heavy atom. The highest BCUT2D eigenvalue weighted by Crippen LogP contribution is 2.27. The number of hydrogen-bond donors (Lipinski definition) is 0. The molecule has 0 unspecified atom stereocenters. The summed E-state index contributed by atoms with van der Waals surface area (Å²) in [4.78, 5) is 29.1. The van der Waals surface area contributed by atoms with Crippen molar-refractivity contribution in [2.75, 3.05) is 44.8 Å². The zero-order valence-corrected chi connectivity index (χ0v) is 16.9. The fraction of sp³-hybridized carbons (Fsp3) is 0.304. The minimum Gasteiger partial charge on any atom is -0.450 e. The Kier molecular flexibility index (Phi) is 5.99. The van der Waals surface area contributed by atoms with Crippen LogP contribution in [0, 0.1) is 0 Å². The number of benzene rings is 2. The van der Waals surface area contributed by atoms with Gasteiger partial charge in [0.05, 0.1) is 6.61 Å². The van der Waals surface area contributed by atoms with Gasteiger partial charge in [0.2, 0.25) is 5.76 Å². The number of furan rings is 1. The molecule has 0 saturated carbocycles. The number of carbonyl (C=O) groups is 2. The van der Waals surface area contributed by atoms with Crippen LogP contribution < -0.4 is 4.90 Å². The van der Waals surface area contributed by atoms with Crippen molar-refractivity contribution < 1.29 is 23.5 Å². The number of nitrogens with zero attached hydrogens (tertiary/aromatic N) is 2. The summed E-state index contributed by atoms with van der Waals surface area (Å²) in [6, 6.07) is 17.4. The highest BCUT2D eigenvalue weighted by atomic mass is 16.5. The van der Waals surface area contributed by atoms with Crippen molar-refractivity contribution in [1.82, 2.24) is 4.90 Å². The summed E-state index contributed by atoms with van der Waals surface area (Å²) < 4.78 is 16.2. The van der Waals surface area contributed by atoms with Crippen molar-refractivity contribution in [3.8, 4) is 0 Å². The summed E-state index contributed by atoms with van der Waals surface area (Å²) in [6.07, 6.45) is 0. The predicted octanol–water partition coefficient (Wildman–Crippen LogP) is 3.08. The molecule has 156 valence electrons. The molecule has 1 fully saturated rings. The van der Waals surface area contributed by atoms with Crippen molar-refractivity contribution in [1.29, 1.82) is 0 Å². The first-order chi connectivity index (χ1) is 14.7. The number of ether oxygens (including phenoxy) is 2. The number of amides is 1. The SMILES string of the molecule is COCc1c(C(=O)OCC(=O)N2CCN(c3ccccc3)CC2)oc2ccccc12. The molecule has 0 N–H and O–H groups in total. The summed E-state index contributed by atoms with van der Waals surface area (Å²) in [5, 5.41) is 0.801. The fourth-order valence-corrected chi connectivity index (χ4v) is 3.69. The van der Waals surface area contributed by atoms with E-state index in [1.807, 2.05) is 36.4 Å². The zero-order chi connectivity index (χ0) is 20.9. The molecule has 4 rings (SSSR count). The summed E-state index contributed by atoms with van der Waals surface area (Å²) in [5.41, 5.74) is 2.36. The van der Waals surface area contributed by atoms with Gasteiger partial charge in [0.25, 0.3) is 5.91 Å². The molecule has 0 spiro atoms. The topological polar surface area (TPSA) is 72.2 Å². The van der Waals surface area contributed by atoms with Crippen molar-refractivity contribution >= 4 is 28.5 Å². The molecular formula is C23H24N2O5. The number of para-hydroxylation sites is 2. The summed E-state index contributed by atoms with van der Waals surface area (Å²) in [5.74, 6) is -0.783. The molecule has 7 nitrogen and oxygen atoms in total. The van der Waals surface area contributed by atoms with E-state index in [1.54, 1.807) is 18.1 Å². The molecule has 1 aliphatic rings. The van der Waals surface area contributed by atoms with Crippen LogP contribution in [0.2, 0.25) is 0 Å². The molecule has 0 aliphatic carbocycles. The third-order valence-electron chi connectivity index (χ3n) is 5.25. The first-order valence-corrected chi connectivity index (χ1v) is 9.91. The molecule has 1 saturated heterocycles. The lowest BCUT2D eigenvalue weighted by molar-refractivity contribution is -0.134.